The van der Waals surface area contributed by atoms with Crippen LogP contribution in [0.15, 0.2) is 71.8 Å². The Bertz CT molecular complexity index is 2030. The minimum absolute atomic E-state index is 0.0320. The molecule has 2 saturated carbocycles. The van der Waals surface area contributed by atoms with Crippen molar-refractivity contribution in [2.45, 2.75) is 129 Å². The van der Waals surface area contributed by atoms with Crippen LogP contribution < -0.4 is 5.32 Å². The van der Waals surface area contributed by atoms with E-state index in [0.717, 1.165) is 6.92 Å². The Labute approximate surface area is 348 Å². The van der Waals surface area contributed by atoms with Crippen molar-refractivity contribution in [3.63, 3.8) is 0 Å². The van der Waals surface area contributed by atoms with Gasteiger partial charge in [-0.25, -0.2) is 9.59 Å². The Morgan fingerprint density at radius 2 is 1.52 bits per heavy atom. The van der Waals surface area contributed by atoms with Crippen LogP contribution in [0.3, 0.4) is 0 Å². The first-order valence-corrected chi connectivity index (χ1v) is 20.3. The maximum absolute atomic E-state index is 15.4. The van der Waals surface area contributed by atoms with Crippen LogP contribution in [0.4, 0.5) is 0 Å². The van der Waals surface area contributed by atoms with E-state index in [1.54, 1.807) is 76.2 Å². The molecule has 2 bridgehead atoms. The number of hydrogen-bond acceptors (Lipinski definition) is 14. The molecule has 2 aromatic rings. The van der Waals surface area contributed by atoms with Gasteiger partial charge in [-0.3, -0.25) is 19.2 Å². The second kappa shape index (κ2) is 16.8. The van der Waals surface area contributed by atoms with Crippen LogP contribution in [0.25, 0.3) is 0 Å². The number of ether oxygens (including phenoxy) is 5. The maximum Gasteiger partial charge on any atom is 0.338 e. The van der Waals surface area contributed by atoms with Gasteiger partial charge < -0.3 is 44.3 Å². The first-order valence-electron chi connectivity index (χ1n) is 20.3. The fourth-order valence-corrected chi connectivity index (χ4v) is 9.73. The van der Waals surface area contributed by atoms with Crippen LogP contribution in [0.1, 0.15) is 96.6 Å². The number of amides is 1. The fourth-order valence-electron chi connectivity index (χ4n) is 9.73. The van der Waals surface area contributed by atoms with Gasteiger partial charge in [0.1, 0.15) is 17.8 Å². The van der Waals surface area contributed by atoms with E-state index in [0.29, 0.717) is 12.0 Å². The number of aliphatic hydroxyl groups is 3. The normalized spacial score (nSPS) is 33.1. The summed E-state index contributed by atoms with van der Waals surface area (Å²) < 4.78 is 29.7. The van der Waals surface area contributed by atoms with E-state index in [-0.39, 0.29) is 23.1 Å². The summed E-state index contributed by atoms with van der Waals surface area (Å²) in [4.78, 5) is 82.2. The first kappa shape index (κ1) is 44.6. The molecule has 4 N–H and O–H groups in total. The molecule has 1 aliphatic heterocycles. The van der Waals surface area contributed by atoms with E-state index < -0.39 is 125 Å². The molecule has 0 aromatic heterocycles. The number of fused-ring (bicyclic) bond motifs is 5. The molecule has 0 radical (unpaired) electrons. The highest BCUT2D eigenvalue weighted by Crippen LogP contribution is 2.63. The molecule has 13 atom stereocenters. The molecular formula is C45H55NO14. The van der Waals surface area contributed by atoms with Crippen molar-refractivity contribution >= 4 is 35.6 Å². The number of benzene rings is 2. The molecule has 3 aliphatic carbocycles. The summed E-state index contributed by atoms with van der Waals surface area (Å²) in [6.45, 7) is 12.0. The zero-order chi connectivity index (χ0) is 44.1. The number of hydrogen-bond donors (Lipinski definition) is 4. The average Bonchev–Trinajstić information content (AvgIpc) is 3.20. The van der Waals surface area contributed by atoms with Crippen LogP contribution in [0.2, 0.25) is 0 Å². The zero-order valence-electron chi connectivity index (χ0n) is 35.1. The Morgan fingerprint density at radius 3 is 2.10 bits per heavy atom. The molecular weight excluding hydrogens is 778 g/mol. The lowest BCUT2D eigenvalue weighted by Crippen LogP contribution is -2.76. The molecule has 1 saturated heterocycles. The second-order valence-corrected chi connectivity index (χ2v) is 17.3. The van der Waals surface area contributed by atoms with Crippen molar-refractivity contribution in [3.8, 4) is 0 Å². The van der Waals surface area contributed by atoms with E-state index >= 15 is 4.79 Å². The third-order valence-corrected chi connectivity index (χ3v) is 13.4. The van der Waals surface area contributed by atoms with Crippen LogP contribution in [-0.4, -0.2) is 99.4 Å². The van der Waals surface area contributed by atoms with E-state index in [9.17, 15) is 39.3 Å². The smallest absolute Gasteiger partial charge is 0.338 e. The number of aliphatic hydroxyl groups excluding tert-OH is 2. The topological polar surface area (TPSA) is 221 Å². The maximum atomic E-state index is 15.4. The van der Waals surface area contributed by atoms with Crippen LogP contribution in [-0.2, 0) is 47.7 Å². The minimum atomic E-state index is -2.31. The number of rotatable bonds is 11. The molecule has 3 fully saturated rings. The van der Waals surface area contributed by atoms with Gasteiger partial charge in [0.25, 0.3) is 0 Å². The first-order chi connectivity index (χ1) is 28.2. The summed E-state index contributed by atoms with van der Waals surface area (Å²) in [5.74, 6) is -7.62. The Hall–Kier alpha value is -4.96. The number of Topliss-reactive ketones (excluding diaryl/α,β-unsaturated/α-hetero) is 1. The standard InChI is InChI=1S/C45H55NO14/c1-9-22(2)39(52)46-34(26-16-12-10-13-17-26)35(50)41(54)58-29-21-45(55)38(60-40(53)27-18-14-11-15-19-27)33-31-28(59-42(31)57-25(5)48)20-30(49)44(33,8)37(51)36(56-24(4)47)32(23(29)3)43(45,6)7/h10-19,22,28-31,33-36,38,42,49-50,55H,9,20-21H2,1-8H3,(H,46,52)/t22?,28-,29+,30+,31+,33+,34+,35-,36-,38+,42?,44-,45-/m1/s1. The van der Waals surface area contributed by atoms with E-state index in [1.807, 2.05) is 6.92 Å². The molecule has 15 heteroatoms. The lowest BCUT2D eigenvalue weighted by molar-refractivity contribution is -0.352. The lowest BCUT2D eigenvalue weighted by Gasteiger charge is -2.65. The van der Waals surface area contributed by atoms with Crippen molar-refractivity contribution in [2.75, 3.05) is 0 Å². The quantitative estimate of drug-likeness (QED) is 0.144. The van der Waals surface area contributed by atoms with Gasteiger partial charge in [0.15, 0.2) is 18.0 Å². The lowest BCUT2D eigenvalue weighted by atomic mass is 9.45. The number of carbonyl (C=O) groups excluding carboxylic acids is 6. The predicted molar refractivity (Wildman–Crippen MR) is 211 cm³/mol. The van der Waals surface area contributed by atoms with E-state index in [1.165, 1.54) is 26.0 Å². The Kier molecular flexibility index (Phi) is 12.5. The van der Waals surface area contributed by atoms with Gasteiger partial charge in [-0.2, -0.15) is 0 Å². The van der Waals surface area contributed by atoms with Crippen molar-refractivity contribution in [1.82, 2.24) is 5.32 Å². The van der Waals surface area contributed by atoms with Crippen LogP contribution in [0.5, 0.6) is 0 Å². The summed E-state index contributed by atoms with van der Waals surface area (Å²) in [6.07, 6.45) is -10.6. The highest BCUT2D eigenvalue weighted by molar-refractivity contribution is 5.95. The molecule has 0 spiro atoms. The summed E-state index contributed by atoms with van der Waals surface area (Å²) in [7, 11) is 0. The molecule has 2 unspecified atom stereocenters. The van der Waals surface area contributed by atoms with Crippen molar-refractivity contribution in [2.24, 2.45) is 28.6 Å². The van der Waals surface area contributed by atoms with Gasteiger partial charge in [0, 0.05) is 43.9 Å². The Morgan fingerprint density at radius 1 is 0.917 bits per heavy atom. The molecule has 60 heavy (non-hydrogen) atoms. The zero-order valence-corrected chi connectivity index (χ0v) is 35.1. The minimum Gasteiger partial charge on any atom is -0.456 e. The fraction of sp³-hybridized carbons (Fsp3) is 0.556. The summed E-state index contributed by atoms with van der Waals surface area (Å²) >= 11 is 0. The number of esters is 4. The molecule has 4 aliphatic rings. The van der Waals surface area contributed by atoms with Crippen LogP contribution in [0, 0.1) is 28.6 Å². The molecule has 1 heterocycles. The molecule has 6 rings (SSSR count). The van der Waals surface area contributed by atoms with Gasteiger partial charge in [-0.15, -0.1) is 0 Å². The van der Waals surface area contributed by atoms with E-state index in [2.05, 4.69) is 5.32 Å². The molecule has 2 aromatic carbocycles. The second-order valence-electron chi connectivity index (χ2n) is 17.3. The summed E-state index contributed by atoms with van der Waals surface area (Å²) in [6, 6.07) is 15.0. The number of ketones is 1. The third kappa shape index (κ3) is 7.65. The van der Waals surface area contributed by atoms with Gasteiger partial charge in [-0.05, 0) is 49.1 Å². The van der Waals surface area contributed by atoms with Gasteiger partial charge >= 0.3 is 23.9 Å². The van der Waals surface area contributed by atoms with E-state index in [4.69, 9.17) is 23.7 Å². The SMILES string of the molecule is CCC(C)C(=O)N[C@@H](c1ccccc1)[C@@H](O)C(=O)O[C@H]1C[C@@]2(O)[C@@H](OC(=O)c3ccccc3)[C@@H]3[C@H]4C(OC(C)=O)O[C@@H]4C[C@H](O)[C@@]3(C)C(=O)[C@H](OC(C)=O)C(=C1C)C2(C)C. The molecule has 324 valence electrons. The largest absolute Gasteiger partial charge is 0.456 e. The highest BCUT2D eigenvalue weighted by Gasteiger charge is 2.74. The van der Waals surface area contributed by atoms with Crippen LogP contribution >= 0.6 is 0 Å². The molecule has 1 amide bonds. The molecule has 15 nitrogen and oxygen atoms in total. The predicted octanol–water partition coefficient (Wildman–Crippen LogP) is 3.67. The van der Waals surface area contributed by atoms with Crippen molar-refractivity contribution in [1.29, 1.82) is 0 Å². The summed E-state index contributed by atoms with van der Waals surface area (Å²) in [5, 5.41) is 40.0. The number of nitrogens with one attached hydrogen (secondary N) is 1. The monoisotopic (exact) mass is 833 g/mol. The van der Waals surface area contributed by atoms with Gasteiger partial charge in [-0.1, -0.05) is 76.2 Å². The third-order valence-electron chi connectivity index (χ3n) is 13.4. The Balaban J connectivity index is 1.53. The highest BCUT2D eigenvalue weighted by atomic mass is 16.7. The van der Waals surface area contributed by atoms with Gasteiger partial charge in [0.05, 0.1) is 35.1 Å². The average molecular weight is 834 g/mol. The van der Waals surface area contributed by atoms with Crippen molar-refractivity contribution in [3.05, 3.63) is 82.9 Å². The number of carbonyl (C=O) groups is 6. The van der Waals surface area contributed by atoms with Crippen molar-refractivity contribution < 1.29 is 67.8 Å². The van der Waals surface area contributed by atoms with Gasteiger partial charge in [0.2, 0.25) is 12.2 Å². The summed E-state index contributed by atoms with van der Waals surface area (Å²) in [5.41, 5.74) is -5.12.